The second kappa shape index (κ2) is 6.34. The van der Waals surface area contributed by atoms with Gasteiger partial charge in [-0.3, -0.25) is 4.52 Å². The molecule has 2 aromatic heterocycles. The van der Waals surface area contributed by atoms with Crippen molar-refractivity contribution in [3.05, 3.63) is 6.33 Å². The van der Waals surface area contributed by atoms with Crippen LogP contribution in [0.25, 0.3) is 11.2 Å². The number of hydrogen-bond acceptors (Lipinski definition) is 11. The Morgan fingerprint density at radius 2 is 2.00 bits per heavy atom. The first-order chi connectivity index (χ1) is 11.7. The molecule has 8 N–H and O–H groups in total. The summed E-state index contributed by atoms with van der Waals surface area (Å²) in [6.45, 7) is -0.658. The molecule has 1 saturated heterocycles. The highest BCUT2D eigenvalue weighted by Gasteiger charge is 2.45. The van der Waals surface area contributed by atoms with Gasteiger partial charge >= 0.3 is 7.82 Å². The van der Waals surface area contributed by atoms with E-state index in [0.717, 1.165) is 4.73 Å². The van der Waals surface area contributed by atoms with Crippen molar-refractivity contribution in [1.82, 2.24) is 19.7 Å². The van der Waals surface area contributed by atoms with Gasteiger partial charge in [-0.05, 0) is 0 Å². The predicted octanol–water partition coefficient (Wildman–Crippen LogP) is -3.02. The molecule has 1 aliphatic heterocycles. The summed E-state index contributed by atoms with van der Waals surface area (Å²) < 4.78 is 21.2. The fourth-order valence-corrected chi connectivity index (χ4v) is 2.56. The fraction of sp³-hybridized carbons (Fsp3) is 0.500. The molecule has 3 rings (SSSR count). The number of imidazole rings is 1. The number of phosphoric ester groups is 1. The average Bonchev–Trinajstić information content (AvgIpc) is 3.01. The number of anilines is 2. The molecule has 4 atom stereocenters. The van der Waals surface area contributed by atoms with Crippen LogP contribution in [0.2, 0.25) is 0 Å². The van der Waals surface area contributed by atoms with Gasteiger partial charge in [0.25, 0.3) is 6.29 Å². The van der Waals surface area contributed by atoms with Crippen molar-refractivity contribution in [1.29, 1.82) is 0 Å². The second-order valence-electron chi connectivity index (χ2n) is 5.13. The van der Waals surface area contributed by atoms with E-state index in [9.17, 15) is 14.8 Å². The van der Waals surface area contributed by atoms with E-state index in [1.165, 1.54) is 6.33 Å². The average molecular weight is 378 g/mol. The normalized spacial score (nSPS) is 27.0. The molecule has 1 aliphatic rings. The van der Waals surface area contributed by atoms with Crippen molar-refractivity contribution < 1.29 is 38.7 Å². The number of nitrogen functional groups attached to an aromatic ring is 2. The zero-order valence-corrected chi connectivity index (χ0v) is 13.3. The van der Waals surface area contributed by atoms with Crippen molar-refractivity contribution in [2.24, 2.45) is 0 Å². The molecule has 0 saturated carbocycles. The summed E-state index contributed by atoms with van der Waals surface area (Å²) in [6, 6.07) is 0. The van der Waals surface area contributed by atoms with Crippen LogP contribution in [0.1, 0.15) is 0 Å². The summed E-state index contributed by atoms with van der Waals surface area (Å²) >= 11 is 0. The lowest BCUT2D eigenvalue weighted by Gasteiger charge is -2.16. The number of ether oxygens (including phenoxy) is 1. The van der Waals surface area contributed by atoms with Crippen molar-refractivity contribution in [2.75, 3.05) is 18.1 Å². The molecule has 15 heteroatoms. The maximum atomic E-state index is 10.7. The first-order valence-electron chi connectivity index (χ1n) is 6.80. The van der Waals surface area contributed by atoms with E-state index in [4.69, 9.17) is 30.8 Å². The van der Waals surface area contributed by atoms with Crippen LogP contribution in [0.15, 0.2) is 6.33 Å². The van der Waals surface area contributed by atoms with Crippen molar-refractivity contribution in [3.8, 4) is 0 Å². The SMILES string of the molecule is Nc1nc(N)c2ncn(O[C@@H]3O[C@H](COP(=O)(O)O)[C@@H](O)[C@H]3O)c2n1. The topological polar surface area (TPSA) is 221 Å². The largest absolute Gasteiger partial charge is 0.469 e. The van der Waals surface area contributed by atoms with E-state index in [0.29, 0.717) is 0 Å². The molecule has 2 aromatic rings. The molecule has 0 radical (unpaired) electrons. The highest BCUT2D eigenvalue weighted by atomic mass is 31.2. The summed E-state index contributed by atoms with van der Waals surface area (Å²) in [4.78, 5) is 34.3. The molecule has 3 heterocycles. The Labute approximate surface area is 139 Å². The molecule has 0 unspecified atom stereocenters. The summed E-state index contributed by atoms with van der Waals surface area (Å²) in [7, 11) is -4.76. The van der Waals surface area contributed by atoms with E-state index in [2.05, 4.69) is 19.5 Å². The molecule has 14 nitrogen and oxygen atoms in total. The lowest BCUT2D eigenvalue weighted by Crippen LogP contribution is -2.38. The number of phosphoric acid groups is 1. The molecule has 138 valence electrons. The molecule has 0 aliphatic carbocycles. The third-order valence-corrected chi connectivity index (χ3v) is 3.84. The summed E-state index contributed by atoms with van der Waals surface area (Å²) in [5.74, 6) is -0.109. The van der Waals surface area contributed by atoms with Gasteiger partial charge in [0.15, 0.2) is 11.3 Å². The smallest absolute Gasteiger partial charge is 0.387 e. The number of aliphatic hydroxyl groups excluding tert-OH is 2. The Hall–Kier alpha value is -2.06. The maximum absolute atomic E-state index is 10.7. The van der Waals surface area contributed by atoms with E-state index in [1.54, 1.807) is 0 Å². The van der Waals surface area contributed by atoms with Gasteiger partial charge in [-0.25, -0.2) is 9.55 Å². The third-order valence-electron chi connectivity index (χ3n) is 3.35. The van der Waals surface area contributed by atoms with Gasteiger partial charge < -0.3 is 41.0 Å². The number of aliphatic hydroxyl groups is 2. The highest BCUT2D eigenvalue weighted by molar-refractivity contribution is 7.46. The summed E-state index contributed by atoms with van der Waals surface area (Å²) in [6.07, 6.45) is -4.48. The number of rotatable bonds is 5. The van der Waals surface area contributed by atoms with Gasteiger partial charge in [0.05, 0.1) is 6.61 Å². The lowest BCUT2D eigenvalue weighted by molar-refractivity contribution is -0.168. The standard InChI is InChI=1S/C10H15N6O8P/c11-7-4-8(15-10(12)14-7)16(2-13-4)24-9-6(18)5(17)3(23-9)1-22-25(19,20)21/h2-3,5-6,9,17-18H,1H2,(H2,19,20,21)(H4,11,12,14,15)/t3-,5-,6-,9+/m1/s1. The molecule has 0 bridgehead atoms. The van der Waals surface area contributed by atoms with E-state index >= 15 is 0 Å². The van der Waals surface area contributed by atoms with Crippen molar-refractivity contribution in [3.63, 3.8) is 0 Å². The van der Waals surface area contributed by atoms with Crippen LogP contribution in [0.3, 0.4) is 0 Å². The molecule has 25 heavy (non-hydrogen) atoms. The van der Waals surface area contributed by atoms with Gasteiger partial charge in [0.2, 0.25) is 11.6 Å². The summed E-state index contributed by atoms with van der Waals surface area (Å²) in [5.41, 5.74) is 11.5. The Bertz CT molecular complexity index is 825. The molecule has 0 aromatic carbocycles. The van der Waals surface area contributed by atoms with Crippen molar-refractivity contribution in [2.45, 2.75) is 24.6 Å². The zero-order chi connectivity index (χ0) is 18.4. The number of fused-ring (bicyclic) bond motifs is 1. The summed E-state index contributed by atoms with van der Waals surface area (Å²) in [5, 5.41) is 19.8. The van der Waals surface area contributed by atoms with Crippen LogP contribution in [-0.2, 0) is 13.8 Å². The van der Waals surface area contributed by atoms with Gasteiger partial charge in [-0.2, -0.15) is 9.97 Å². The van der Waals surface area contributed by atoms with Crippen LogP contribution in [0.4, 0.5) is 11.8 Å². The van der Waals surface area contributed by atoms with E-state index in [-0.39, 0.29) is 22.9 Å². The Kier molecular flexibility index (Phi) is 4.51. The molecular formula is C10H15N6O8P. The minimum absolute atomic E-state index is 0.0192. The van der Waals surface area contributed by atoms with Crippen LogP contribution >= 0.6 is 7.82 Å². The number of nitrogens with zero attached hydrogens (tertiary/aromatic N) is 4. The molecule has 1 fully saturated rings. The first kappa shape index (κ1) is 17.8. The molecular weight excluding hydrogens is 363 g/mol. The predicted molar refractivity (Wildman–Crippen MR) is 79.4 cm³/mol. The Morgan fingerprint density at radius 3 is 2.68 bits per heavy atom. The van der Waals surface area contributed by atoms with Crippen LogP contribution < -0.4 is 16.3 Å². The maximum Gasteiger partial charge on any atom is 0.469 e. The number of nitrogens with two attached hydrogens (primary N) is 2. The van der Waals surface area contributed by atoms with Gasteiger partial charge in [0, 0.05) is 0 Å². The van der Waals surface area contributed by atoms with Gasteiger partial charge in [-0.1, -0.05) is 0 Å². The lowest BCUT2D eigenvalue weighted by atomic mass is 10.1. The minimum atomic E-state index is -4.76. The minimum Gasteiger partial charge on any atom is -0.387 e. The van der Waals surface area contributed by atoms with Gasteiger partial charge in [-0.15, -0.1) is 4.73 Å². The Balaban J connectivity index is 1.76. The second-order valence-corrected chi connectivity index (χ2v) is 6.36. The van der Waals surface area contributed by atoms with Gasteiger partial charge in [0.1, 0.15) is 24.6 Å². The third kappa shape index (κ3) is 3.64. The van der Waals surface area contributed by atoms with Crippen LogP contribution in [0.5, 0.6) is 0 Å². The number of aromatic nitrogens is 4. The number of hydrogen-bond donors (Lipinski definition) is 6. The van der Waals surface area contributed by atoms with E-state index in [1.807, 2.05) is 0 Å². The van der Waals surface area contributed by atoms with E-state index < -0.39 is 39.0 Å². The van der Waals surface area contributed by atoms with Crippen LogP contribution in [-0.4, -0.2) is 70.9 Å². The van der Waals surface area contributed by atoms with Crippen molar-refractivity contribution >= 4 is 30.8 Å². The quantitative estimate of drug-likeness (QED) is 0.285. The van der Waals surface area contributed by atoms with Crippen LogP contribution in [0, 0.1) is 0 Å². The highest BCUT2D eigenvalue weighted by Crippen LogP contribution is 2.37. The molecule has 0 spiro atoms. The monoisotopic (exact) mass is 378 g/mol. The fourth-order valence-electron chi connectivity index (χ4n) is 2.22. The Morgan fingerprint density at radius 1 is 1.28 bits per heavy atom. The first-order valence-corrected chi connectivity index (χ1v) is 8.33. The zero-order valence-electron chi connectivity index (χ0n) is 12.4. The molecule has 0 amide bonds.